The van der Waals surface area contributed by atoms with Crippen molar-refractivity contribution < 1.29 is 19.1 Å². The van der Waals surface area contributed by atoms with Crippen LogP contribution in [0, 0.1) is 20.8 Å². The highest BCUT2D eigenvalue weighted by Crippen LogP contribution is 2.52. The molecule has 4 heteroatoms. The van der Waals surface area contributed by atoms with E-state index in [0.717, 1.165) is 77.9 Å². The van der Waals surface area contributed by atoms with E-state index in [-0.39, 0.29) is 17.3 Å². The second-order valence-corrected chi connectivity index (χ2v) is 18.2. The smallest absolute Gasteiger partial charge is 0.197 e. The Labute approximate surface area is 420 Å². The molecule has 4 nitrogen and oxygen atoms in total. The van der Waals surface area contributed by atoms with E-state index < -0.39 is 0 Å². The van der Waals surface area contributed by atoms with Gasteiger partial charge in [-0.25, -0.2) is 0 Å². The van der Waals surface area contributed by atoms with Crippen molar-refractivity contribution in [2.75, 3.05) is 0 Å². The number of aryl methyl sites for hydroxylation is 1. The van der Waals surface area contributed by atoms with Gasteiger partial charge in [0.15, 0.2) is 17.3 Å². The van der Waals surface area contributed by atoms with Crippen LogP contribution in [0.4, 0.5) is 0 Å². The van der Waals surface area contributed by atoms with E-state index >= 15 is 9.59 Å². The largest absolute Gasteiger partial charge is 0.457 e. The summed E-state index contributed by atoms with van der Waals surface area (Å²) in [5.74, 6) is 0.549. The molecule has 0 saturated heterocycles. The predicted molar refractivity (Wildman–Crippen MR) is 293 cm³/mol. The lowest BCUT2D eigenvalue weighted by molar-refractivity contribution is -0.109. The van der Waals surface area contributed by atoms with Crippen molar-refractivity contribution in [3.8, 4) is 11.5 Å². The minimum Gasteiger partial charge on any atom is -0.457 e. The molecule has 0 atom stereocenters. The maximum Gasteiger partial charge on any atom is 0.197 e. The lowest BCUT2D eigenvalue weighted by atomic mass is 9.87. The van der Waals surface area contributed by atoms with Gasteiger partial charge in [0.1, 0.15) is 11.5 Å². The Morgan fingerprint density at radius 3 is 1.00 bits per heavy atom. The fourth-order valence-electron chi connectivity index (χ4n) is 10.2. The summed E-state index contributed by atoms with van der Waals surface area (Å²) in [6.07, 6.45) is 0. The predicted octanol–water partition coefficient (Wildman–Crippen LogP) is 15.8. The van der Waals surface area contributed by atoms with Crippen molar-refractivity contribution in [2.24, 2.45) is 0 Å². The number of rotatable bonds is 12. The quantitative estimate of drug-likeness (QED) is 0.115. The molecule has 0 radical (unpaired) electrons. The first-order chi connectivity index (χ1) is 35.3. The fraction of sp³-hybridized carbons (Fsp3) is 0.0441. The van der Waals surface area contributed by atoms with Crippen LogP contribution in [-0.2, 0) is 9.59 Å². The summed E-state index contributed by atoms with van der Waals surface area (Å²) in [7, 11) is 0. The Balaban J connectivity index is 1.08. The number of benzene rings is 9. The molecule has 2 aliphatic rings. The Bertz CT molecular complexity index is 3710. The number of ketones is 3. The molecule has 344 valence electrons. The van der Waals surface area contributed by atoms with E-state index in [1.54, 1.807) is 0 Å². The number of ether oxygens (including phenoxy) is 1. The van der Waals surface area contributed by atoms with Crippen LogP contribution in [0.25, 0.3) is 44.6 Å². The van der Waals surface area contributed by atoms with Gasteiger partial charge in [-0.1, -0.05) is 212 Å². The van der Waals surface area contributed by atoms with E-state index in [0.29, 0.717) is 50.5 Å². The van der Waals surface area contributed by atoms with Gasteiger partial charge >= 0.3 is 0 Å². The summed E-state index contributed by atoms with van der Waals surface area (Å²) in [6.45, 7) is 6.07. The van der Waals surface area contributed by atoms with Crippen molar-refractivity contribution in [2.45, 2.75) is 20.8 Å². The highest BCUT2D eigenvalue weighted by Gasteiger charge is 2.37. The van der Waals surface area contributed by atoms with E-state index in [1.807, 2.05) is 245 Å². The molecule has 0 saturated carbocycles. The second kappa shape index (κ2) is 19.3. The Morgan fingerprint density at radius 1 is 0.306 bits per heavy atom. The molecule has 11 rings (SSSR count). The molecule has 0 fully saturated rings. The highest BCUT2D eigenvalue weighted by molar-refractivity contribution is 6.60. The van der Waals surface area contributed by atoms with E-state index in [9.17, 15) is 4.79 Å². The van der Waals surface area contributed by atoms with Gasteiger partial charge in [0, 0.05) is 50.1 Å². The van der Waals surface area contributed by atoms with E-state index in [2.05, 4.69) is 12.1 Å². The maximum absolute atomic E-state index is 15.3. The number of carbonyl (C=O) groups excluding carboxylic acids is 3. The van der Waals surface area contributed by atoms with Gasteiger partial charge in [0.2, 0.25) is 0 Å². The zero-order valence-electron chi connectivity index (χ0n) is 40.1. The normalized spacial score (nSPS) is 13.7. The maximum atomic E-state index is 15.3. The number of allylic oxidation sites excluding steroid dienone is 8. The lowest BCUT2D eigenvalue weighted by Gasteiger charge is -2.18. The molecule has 0 aromatic heterocycles. The van der Waals surface area contributed by atoms with Crippen molar-refractivity contribution in [1.29, 1.82) is 0 Å². The monoisotopic (exact) mass is 928 g/mol. The molecule has 0 heterocycles. The van der Waals surface area contributed by atoms with E-state index in [1.165, 1.54) is 0 Å². The molecule has 9 aromatic rings. The van der Waals surface area contributed by atoms with Gasteiger partial charge in [-0.2, -0.15) is 0 Å². The molecule has 0 amide bonds. The molecular weight excluding hydrogens is 881 g/mol. The molecule has 0 bridgehead atoms. The fourth-order valence-corrected chi connectivity index (χ4v) is 10.2. The third-order valence-corrected chi connectivity index (χ3v) is 14.0. The van der Waals surface area contributed by atoms with Crippen molar-refractivity contribution in [1.82, 2.24) is 0 Å². The topological polar surface area (TPSA) is 60.4 Å². The minimum atomic E-state index is -0.197. The second-order valence-electron chi connectivity index (χ2n) is 18.2. The van der Waals surface area contributed by atoms with Crippen molar-refractivity contribution in [3.05, 3.63) is 309 Å². The third-order valence-electron chi connectivity index (χ3n) is 14.0. The van der Waals surface area contributed by atoms with Crippen LogP contribution in [0.1, 0.15) is 77.1 Å². The number of carbonyl (C=O) groups is 3. The summed E-state index contributed by atoms with van der Waals surface area (Å²) in [6, 6.07) is 76.8. The first-order valence-corrected chi connectivity index (χ1v) is 24.2. The van der Waals surface area contributed by atoms with Crippen LogP contribution in [-0.4, -0.2) is 17.3 Å². The number of Topliss-reactive ketones (excluding diaryl/α,β-unsaturated/α-hetero) is 2. The zero-order valence-corrected chi connectivity index (χ0v) is 40.1. The van der Waals surface area contributed by atoms with Gasteiger partial charge in [-0.3, -0.25) is 14.4 Å². The minimum absolute atomic E-state index is 0.0397. The first-order valence-electron chi connectivity index (χ1n) is 24.2. The third kappa shape index (κ3) is 8.19. The van der Waals surface area contributed by atoms with Gasteiger partial charge in [0.05, 0.1) is 5.56 Å². The SMILES string of the molecule is Cc1ccc(C(=O)c2cc(C3=C(c4ccccc4)C(=O)C(c4ccccc4)=C3c3ccccc3)ccc2Oc2ccc(C3=C(c4ccccc4)C(=O)C(c4ccccc4)=C3c3ccccc3)cc2)c(C)c1C. The van der Waals surface area contributed by atoms with Crippen LogP contribution in [0.3, 0.4) is 0 Å². The molecular formula is C68H48O4. The molecule has 72 heavy (non-hydrogen) atoms. The number of hydrogen-bond acceptors (Lipinski definition) is 4. The molecule has 2 aliphatic carbocycles. The lowest BCUT2D eigenvalue weighted by Crippen LogP contribution is -2.08. The average molecular weight is 929 g/mol. The Morgan fingerprint density at radius 2 is 0.625 bits per heavy atom. The summed E-state index contributed by atoms with van der Waals surface area (Å²) in [4.78, 5) is 45.3. The van der Waals surface area contributed by atoms with Gasteiger partial charge < -0.3 is 4.74 Å². The van der Waals surface area contributed by atoms with Crippen LogP contribution in [0.15, 0.2) is 237 Å². The van der Waals surface area contributed by atoms with Crippen LogP contribution in [0.2, 0.25) is 0 Å². The Hall–Kier alpha value is -9.25. The summed E-state index contributed by atoms with van der Waals surface area (Å²) in [5, 5.41) is 0. The standard InChI is InChI=1S/C68H48O4/c1-43-34-40-55(45(3)44(43)2)66(69)56-42-53(61-59(47-24-12-5-13-25-47)63(49-28-16-7-17-29-49)68(71)65(61)51-32-20-9-21-33-51)37-41-57(56)72-54-38-35-52(36-39-54)60-58(46-22-10-4-11-23-46)62(48-26-14-6-15-27-48)67(70)64(60)50-30-18-8-19-31-50/h4-42H,1-3H3. The molecule has 9 aromatic carbocycles. The van der Waals surface area contributed by atoms with E-state index in [4.69, 9.17) is 4.74 Å². The van der Waals surface area contributed by atoms with Crippen molar-refractivity contribution in [3.63, 3.8) is 0 Å². The highest BCUT2D eigenvalue weighted by atomic mass is 16.5. The van der Waals surface area contributed by atoms with Gasteiger partial charge in [-0.15, -0.1) is 0 Å². The van der Waals surface area contributed by atoms with Gasteiger partial charge in [-0.05, 0) is 106 Å². The summed E-state index contributed by atoms with van der Waals surface area (Å²) < 4.78 is 6.84. The van der Waals surface area contributed by atoms with Crippen LogP contribution < -0.4 is 4.74 Å². The van der Waals surface area contributed by atoms with Crippen LogP contribution >= 0.6 is 0 Å². The molecule has 0 aliphatic heterocycles. The molecule has 0 N–H and O–H groups in total. The molecule has 0 unspecified atom stereocenters. The zero-order chi connectivity index (χ0) is 49.3. The average Bonchev–Trinajstić information content (AvgIpc) is 3.92. The van der Waals surface area contributed by atoms with Crippen LogP contribution in [0.5, 0.6) is 11.5 Å². The Kier molecular flexibility index (Phi) is 12.1. The van der Waals surface area contributed by atoms with Gasteiger partial charge in [0.25, 0.3) is 0 Å². The molecule has 0 spiro atoms. The first kappa shape index (κ1) is 45.2. The van der Waals surface area contributed by atoms with Crippen molar-refractivity contribution >= 4 is 61.9 Å². The summed E-state index contributed by atoms with van der Waals surface area (Å²) in [5.41, 5.74) is 16.3. The summed E-state index contributed by atoms with van der Waals surface area (Å²) >= 11 is 0. The number of hydrogen-bond donors (Lipinski definition) is 0.